The number of hydrogen-bond acceptors (Lipinski definition) is 7. The molecule has 2 rings (SSSR count). The molecule has 2 aliphatic carbocycles. The number of ether oxygens (including phenoxy) is 2. The summed E-state index contributed by atoms with van der Waals surface area (Å²) in [4.78, 5) is 24.0. The Labute approximate surface area is 163 Å². The minimum absolute atomic E-state index is 0.118. The number of hydrogen-bond donors (Lipinski definition) is 0. The quantitative estimate of drug-likeness (QED) is 0.352. The molecule has 0 radical (unpaired) electrons. The van der Waals surface area contributed by atoms with E-state index in [0.717, 1.165) is 13.3 Å². The van der Waals surface area contributed by atoms with Crippen molar-refractivity contribution in [2.45, 2.75) is 63.4 Å². The highest BCUT2D eigenvalue weighted by molar-refractivity contribution is 7.87. The maximum Gasteiger partial charge on any atom is 0.405 e. The molecule has 0 N–H and O–H groups in total. The van der Waals surface area contributed by atoms with Crippen LogP contribution >= 0.6 is 0 Å². The Morgan fingerprint density at radius 3 is 2.32 bits per heavy atom. The van der Waals surface area contributed by atoms with E-state index in [2.05, 4.69) is 10.8 Å². The molecule has 0 spiro atoms. The summed E-state index contributed by atoms with van der Waals surface area (Å²) >= 11 is 0. The number of carbonyl (C=O) groups is 2. The molecule has 5 unspecified atom stereocenters. The van der Waals surface area contributed by atoms with Gasteiger partial charge in [-0.2, -0.15) is 17.2 Å². The van der Waals surface area contributed by atoms with Gasteiger partial charge in [-0.25, -0.2) is 4.79 Å². The molecule has 28 heavy (non-hydrogen) atoms. The van der Waals surface area contributed by atoms with Crippen molar-refractivity contribution in [1.82, 2.24) is 0 Å². The summed E-state index contributed by atoms with van der Waals surface area (Å²) in [7, 11) is -4.56. The lowest BCUT2D eigenvalue weighted by Gasteiger charge is -2.31. The summed E-state index contributed by atoms with van der Waals surface area (Å²) in [5.41, 5.74) is 0.316. The van der Waals surface area contributed by atoms with Gasteiger partial charge in [0.2, 0.25) is 0 Å². The summed E-state index contributed by atoms with van der Waals surface area (Å²) in [6, 6.07) is 0. The molecule has 2 fully saturated rings. The molecular formula is C18H26F2O7S. The smallest absolute Gasteiger partial charge is 0.405 e. The van der Waals surface area contributed by atoms with E-state index in [1.54, 1.807) is 6.92 Å². The molecule has 0 aromatic rings. The average Bonchev–Trinajstić information content (AvgIpc) is 3.04. The lowest BCUT2D eigenvalue weighted by molar-refractivity contribution is -0.164. The van der Waals surface area contributed by atoms with Crippen molar-refractivity contribution in [2.75, 3.05) is 7.11 Å². The van der Waals surface area contributed by atoms with Crippen molar-refractivity contribution in [1.29, 1.82) is 0 Å². The first kappa shape index (κ1) is 22.7. The molecule has 0 saturated heterocycles. The van der Waals surface area contributed by atoms with Gasteiger partial charge in [0.1, 0.15) is 6.10 Å². The summed E-state index contributed by atoms with van der Waals surface area (Å²) < 4.78 is 64.5. The first-order valence-electron chi connectivity index (χ1n) is 9.14. The van der Waals surface area contributed by atoms with E-state index in [0.29, 0.717) is 38.4 Å². The first-order chi connectivity index (χ1) is 12.9. The van der Waals surface area contributed by atoms with Gasteiger partial charge in [-0.05, 0) is 57.8 Å². The predicted octanol–water partition coefficient (Wildman–Crippen LogP) is 2.80. The highest BCUT2D eigenvalue weighted by Gasteiger charge is 2.54. The SMILES string of the molecule is C=C(C)C(=O)OC1CCC2CC(C(=O)OC(C)C(F)(F)S(=O)(=O)OC)CC2C1. The van der Waals surface area contributed by atoms with E-state index in [-0.39, 0.29) is 17.9 Å². The van der Waals surface area contributed by atoms with Crippen molar-refractivity contribution in [3.8, 4) is 0 Å². The van der Waals surface area contributed by atoms with Crippen LogP contribution in [0.1, 0.15) is 46.0 Å². The summed E-state index contributed by atoms with van der Waals surface area (Å²) in [6.45, 7) is 5.93. The van der Waals surface area contributed by atoms with Gasteiger partial charge in [0.25, 0.3) is 0 Å². The van der Waals surface area contributed by atoms with Crippen LogP contribution in [0, 0.1) is 17.8 Å². The highest BCUT2D eigenvalue weighted by atomic mass is 32.2. The number of fused-ring (bicyclic) bond motifs is 1. The lowest BCUT2D eigenvalue weighted by Crippen LogP contribution is -2.43. The molecule has 0 aromatic heterocycles. The minimum Gasteiger partial charge on any atom is -0.459 e. The number of rotatable bonds is 7. The molecule has 0 aromatic carbocycles. The van der Waals surface area contributed by atoms with E-state index in [4.69, 9.17) is 9.47 Å². The van der Waals surface area contributed by atoms with Crippen LogP contribution in [-0.2, 0) is 33.4 Å². The van der Waals surface area contributed by atoms with E-state index in [1.807, 2.05) is 0 Å². The zero-order valence-electron chi connectivity index (χ0n) is 16.2. The van der Waals surface area contributed by atoms with Crippen LogP contribution in [0.3, 0.4) is 0 Å². The Balaban J connectivity index is 1.94. The molecular weight excluding hydrogens is 398 g/mol. The molecule has 0 bridgehead atoms. The monoisotopic (exact) mass is 424 g/mol. The van der Waals surface area contributed by atoms with Gasteiger partial charge >= 0.3 is 27.3 Å². The van der Waals surface area contributed by atoms with Gasteiger partial charge in [0.05, 0.1) is 13.0 Å². The summed E-state index contributed by atoms with van der Waals surface area (Å²) in [5, 5.41) is -4.34. The second-order valence-corrected chi connectivity index (χ2v) is 9.36. The molecule has 0 aliphatic heterocycles. The van der Waals surface area contributed by atoms with Crippen LogP contribution in [0.25, 0.3) is 0 Å². The molecule has 2 aliphatic rings. The molecule has 7 nitrogen and oxygen atoms in total. The van der Waals surface area contributed by atoms with Crippen molar-refractivity contribution in [3.05, 3.63) is 12.2 Å². The van der Waals surface area contributed by atoms with Crippen molar-refractivity contribution < 1.29 is 40.4 Å². The Kier molecular flexibility index (Phi) is 6.86. The van der Waals surface area contributed by atoms with E-state index in [1.165, 1.54) is 0 Å². The average molecular weight is 424 g/mol. The normalized spacial score (nSPS) is 28.9. The number of halogens is 2. The standard InChI is InChI=1S/C18H26F2O7S/c1-10(2)16(21)27-15-6-5-12-7-14(8-13(12)9-15)17(22)26-11(3)18(19,20)28(23,24)25-4/h11-15H,1,5-9H2,2-4H3. The van der Waals surface area contributed by atoms with Gasteiger partial charge in [0.15, 0.2) is 6.10 Å². The predicted molar refractivity (Wildman–Crippen MR) is 94.7 cm³/mol. The number of carbonyl (C=O) groups excluding carboxylic acids is 2. The second kappa shape index (κ2) is 8.44. The Hall–Kier alpha value is -1.55. The molecule has 2 saturated carbocycles. The van der Waals surface area contributed by atoms with Crippen molar-refractivity contribution in [3.63, 3.8) is 0 Å². The lowest BCUT2D eigenvalue weighted by atomic mass is 9.80. The van der Waals surface area contributed by atoms with Crippen LogP contribution in [0.5, 0.6) is 0 Å². The van der Waals surface area contributed by atoms with Crippen molar-refractivity contribution >= 4 is 22.1 Å². The van der Waals surface area contributed by atoms with E-state index in [9.17, 15) is 26.8 Å². The van der Waals surface area contributed by atoms with Crippen LogP contribution in [0.4, 0.5) is 8.78 Å². The number of alkyl halides is 2. The summed E-state index contributed by atoms with van der Waals surface area (Å²) in [5.74, 6) is -1.55. The molecule has 0 amide bonds. The van der Waals surface area contributed by atoms with Gasteiger partial charge in [-0.15, -0.1) is 0 Å². The molecule has 160 valence electrons. The van der Waals surface area contributed by atoms with Crippen LogP contribution < -0.4 is 0 Å². The Morgan fingerprint density at radius 1 is 1.14 bits per heavy atom. The van der Waals surface area contributed by atoms with Gasteiger partial charge in [-0.3, -0.25) is 8.98 Å². The van der Waals surface area contributed by atoms with Crippen LogP contribution in [-0.4, -0.2) is 44.9 Å². The fourth-order valence-corrected chi connectivity index (χ4v) is 4.59. The third-order valence-corrected chi connectivity index (χ3v) is 6.98. The second-order valence-electron chi connectivity index (χ2n) is 7.57. The third kappa shape index (κ3) is 4.71. The minimum atomic E-state index is -5.18. The largest absolute Gasteiger partial charge is 0.459 e. The topological polar surface area (TPSA) is 96.0 Å². The fourth-order valence-electron chi connectivity index (χ4n) is 3.91. The van der Waals surface area contributed by atoms with E-state index >= 15 is 0 Å². The first-order valence-corrected chi connectivity index (χ1v) is 10.5. The Morgan fingerprint density at radius 2 is 1.75 bits per heavy atom. The summed E-state index contributed by atoms with van der Waals surface area (Å²) in [6.07, 6.45) is 0.513. The van der Waals surface area contributed by atoms with Crippen LogP contribution in [0.2, 0.25) is 0 Å². The maximum absolute atomic E-state index is 13.9. The number of esters is 2. The van der Waals surface area contributed by atoms with Gasteiger partial charge < -0.3 is 9.47 Å². The van der Waals surface area contributed by atoms with Crippen LogP contribution in [0.15, 0.2) is 12.2 Å². The highest BCUT2D eigenvalue weighted by Crippen LogP contribution is 2.46. The molecule has 0 heterocycles. The zero-order chi connectivity index (χ0) is 21.3. The third-order valence-electron chi connectivity index (χ3n) is 5.54. The maximum atomic E-state index is 13.9. The van der Waals surface area contributed by atoms with Gasteiger partial charge in [0, 0.05) is 5.57 Å². The van der Waals surface area contributed by atoms with E-state index < -0.39 is 39.3 Å². The van der Waals surface area contributed by atoms with Gasteiger partial charge in [-0.1, -0.05) is 6.58 Å². The zero-order valence-corrected chi connectivity index (χ0v) is 17.0. The Bertz CT molecular complexity index is 734. The molecule has 5 atom stereocenters. The molecule has 10 heteroatoms. The van der Waals surface area contributed by atoms with Crippen molar-refractivity contribution in [2.24, 2.45) is 17.8 Å². The fraction of sp³-hybridized carbons (Fsp3) is 0.778.